The standard InChI is InChI=1S/C24H19N7O2/c32-23-16-33-12-11-29(23)18-5-7-19(8-6-18)31(24-27-22-15-25-9-10-30(22)28-24)20-13-17-3-1-2-4-21(17)26-14-20/h1-10,13-15H,11-12,16H2. The van der Waals surface area contributed by atoms with Gasteiger partial charge in [-0.3, -0.25) is 19.7 Å². The number of fused-ring (bicyclic) bond motifs is 2. The summed E-state index contributed by atoms with van der Waals surface area (Å²) in [6.45, 7) is 1.18. The molecule has 1 amide bonds. The van der Waals surface area contributed by atoms with Crippen LogP contribution in [0.1, 0.15) is 0 Å². The third-order valence-corrected chi connectivity index (χ3v) is 5.57. The number of para-hydroxylation sites is 1. The lowest BCUT2D eigenvalue weighted by atomic mass is 10.2. The van der Waals surface area contributed by atoms with Crippen molar-refractivity contribution in [2.24, 2.45) is 0 Å². The van der Waals surface area contributed by atoms with Gasteiger partial charge in [-0.15, -0.1) is 5.10 Å². The van der Waals surface area contributed by atoms with E-state index in [1.165, 1.54) is 0 Å². The van der Waals surface area contributed by atoms with Gasteiger partial charge in [0.25, 0.3) is 11.9 Å². The van der Waals surface area contributed by atoms with E-state index < -0.39 is 0 Å². The average molecular weight is 437 g/mol. The predicted molar refractivity (Wildman–Crippen MR) is 124 cm³/mol. The third-order valence-electron chi connectivity index (χ3n) is 5.57. The molecule has 1 fully saturated rings. The number of carbonyl (C=O) groups is 1. The Balaban J connectivity index is 1.45. The molecule has 0 atom stereocenters. The van der Waals surface area contributed by atoms with Gasteiger partial charge in [0.1, 0.15) is 6.61 Å². The van der Waals surface area contributed by atoms with Gasteiger partial charge in [0.05, 0.1) is 30.2 Å². The van der Waals surface area contributed by atoms with Gasteiger partial charge in [-0.25, -0.2) is 4.52 Å². The number of aromatic nitrogens is 5. The zero-order valence-corrected chi connectivity index (χ0v) is 17.6. The molecule has 5 aromatic rings. The lowest BCUT2D eigenvalue weighted by Gasteiger charge is -2.27. The molecule has 1 saturated heterocycles. The van der Waals surface area contributed by atoms with Crippen molar-refractivity contribution < 1.29 is 9.53 Å². The molecule has 6 rings (SSSR count). The number of anilines is 4. The van der Waals surface area contributed by atoms with E-state index in [2.05, 4.69) is 26.1 Å². The van der Waals surface area contributed by atoms with Crippen LogP contribution in [0.3, 0.4) is 0 Å². The number of ether oxygens (including phenoxy) is 1. The summed E-state index contributed by atoms with van der Waals surface area (Å²) < 4.78 is 6.93. The first-order valence-electron chi connectivity index (χ1n) is 10.6. The second kappa shape index (κ2) is 7.95. The van der Waals surface area contributed by atoms with Crippen molar-refractivity contribution in [1.29, 1.82) is 0 Å². The van der Waals surface area contributed by atoms with E-state index in [0.29, 0.717) is 24.7 Å². The fraction of sp³-hybridized carbons (Fsp3) is 0.125. The summed E-state index contributed by atoms with van der Waals surface area (Å²) in [4.78, 5) is 29.4. The summed E-state index contributed by atoms with van der Waals surface area (Å²) in [5.41, 5.74) is 4.06. The van der Waals surface area contributed by atoms with Crippen LogP contribution < -0.4 is 9.80 Å². The van der Waals surface area contributed by atoms with Gasteiger partial charge in [-0.05, 0) is 36.4 Å². The first-order valence-corrected chi connectivity index (χ1v) is 10.6. The van der Waals surface area contributed by atoms with Gasteiger partial charge in [0.2, 0.25) is 0 Å². The van der Waals surface area contributed by atoms with E-state index in [9.17, 15) is 4.79 Å². The van der Waals surface area contributed by atoms with E-state index in [-0.39, 0.29) is 12.5 Å². The Morgan fingerprint density at radius 2 is 1.88 bits per heavy atom. The number of hydrogen-bond donors (Lipinski definition) is 0. The van der Waals surface area contributed by atoms with Crippen molar-refractivity contribution in [3.8, 4) is 0 Å². The first kappa shape index (κ1) is 19.3. The largest absolute Gasteiger partial charge is 0.370 e. The van der Waals surface area contributed by atoms with Crippen LogP contribution >= 0.6 is 0 Å². The van der Waals surface area contributed by atoms with Crippen LogP contribution in [0.2, 0.25) is 0 Å². The van der Waals surface area contributed by atoms with Crippen LogP contribution in [0.15, 0.2) is 79.4 Å². The minimum absolute atomic E-state index is 0.0425. The number of pyridine rings is 1. The van der Waals surface area contributed by atoms with Crippen molar-refractivity contribution in [3.05, 3.63) is 79.4 Å². The number of nitrogens with zero attached hydrogens (tertiary/aromatic N) is 7. The van der Waals surface area contributed by atoms with Gasteiger partial charge < -0.3 is 9.64 Å². The average Bonchev–Trinajstić information content (AvgIpc) is 3.29. The Morgan fingerprint density at radius 3 is 2.73 bits per heavy atom. The molecule has 0 spiro atoms. The number of rotatable bonds is 4. The molecule has 0 N–H and O–H groups in total. The lowest BCUT2D eigenvalue weighted by molar-refractivity contribution is -0.125. The number of morpholine rings is 1. The van der Waals surface area contributed by atoms with Crippen LogP contribution in [-0.4, -0.2) is 50.2 Å². The maximum Gasteiger partial charge on any atom is 0.254 e. The molecular formula is C24H19N7O2. The molecule has 0 unspecified atom stereocenters. The number of amides is 1. The van der Waals surface area contributed by atoms with E-state index in [4.69, 9.17) is 4.74 Å². The molecule has 1 aliphatic heterocycles. The summed E-state index contributed by atoms with van der Waals surface area (Å²) in [6.07, 6.45) is 6.91. The summed E-state index contributed by atoms with van der Waals surface area (Å²) in [7, 11) is 0. The number of benzene rings is 2. The highest BCUT2D eigenvalue weighted by Crippen LogP contribution is 2.34. The van der Waals surface area contributed by atoms with Crippen molar-refractivity contribution in [3.63, 3.8) is 0 Å². The third kappa shape index (κ3) is 3.54. The molecule has 162 valence electrons. The minimum Gasteiger partial charge on any atom is -0.370 e. The SMILES string of the molecule is O=C1COCCN1c1ccc(N(c2cnc3ccccc3c2)c2nc3cnccn3n2)cc1. The fourth-order valence-electron chi connectivity index (χ4n) is 3.96. The lowest BCUT2D eigenvalue weighted by Crippen LogP contribution is -2.41. The van der Waals surface area contributed by atoms with Gasteiger partial charge in [-0.2, -0.15) is 4.98 Å². The summed E-state index contributed by atoms with van der Waals surface area (Å²) in [5.74, 6) is 0.453. The first-order chi connectivity index (χ1) is 16.3. The maximum atomic E-state index is 12.2. The monoisotopic (exact) mass is 437 g/mol. The van der Waals surface area contributed by atoms with E-state index >= 15 is 0 Å². The van der Waals surface area contributed by atoms with Gasteiger partial charge >= 0.3 is 0 Å². The molecule has 33 heavy (non-hydrogen) atoms. The van der Waals surface area contributed by atoms with Gasteiger partial charge in [0, 0.05) is 35.7 Å². The zero-order chi connectivity index (χ0) is 22.2. The fourth-order valence-corrected chi connectivity index (χ4v) is 3.96. The highest BCUT2D eigenvalue weighted by atomic mass is 16.5. The smallest absolute Gasteiger partial charge is 0.254 e. The van der Waals surface area contributed by atoms with Crippen molar-refractivity contribution >= 4 is 45.5 Å². The van der Waals surface area contributed by atoms with Crippen LogP contribution in [0, 0.1) is 0 Å². The highest BCUT2D eigenvalue weighted by molar-refractivity contribution is 5.95. The van der Waals surface area contributed by atoms with Crippen LogP contribution in [0.4, 0.5) is 23.0 Å². The quantitative estimate of drug-likeness (QED) is 0.425. The molecule has 9 heteroatoms. The molecular weight excluding hydrogens is 418 g/mol. The number of carbonyl (C=O) groups excluding carboxylic acids is 1. The van der Waals surface area contributed by atoms with Crippen molar-refractivity contribution in [2.75, 3.05) is 29.6 Å². The Labute approximate surface area is 188 Å². The van der Waals surface area contributed by atoms with Crippen LogP contribution in [0.5, 0.6) is 0 Å². The second-order valence-electron chi connectivity index (χ2n) is 7.63. The van der Waals surface area contributed by atoms with Crippen LogP contribution in [-0.2, 0) is 9.53 Å². The molecule has 4 heterocycles. The molecule has 0 radical (unpaired) electrons. The zero-order valence-electron chi connectivity index (χ0n) is 17.6. The Hall–Kier alpha value is -4.37. The maximum absolute atomic E-state index is 12.2. The second-order valence-corrected chi connectivity index (χ2v) is 7.63. The van der Waals surface area contributed by atoms with E-state index in [0.717, 1.165) is 28.0 Å². The van der Waals surface area contributed by atoms with Crippen molar-refractivity contribution in [1.82, 2.24) is 24.6 Å². The normalized spacial score (nSPS) is 14.2. The van der Waals surface area contributed by atoms with E-state index in [1.54, 1.807) is 28.0 Å². The van der Waals surface area contributed by atoms with Gasteiger partial charge in [-0.1, -0.05) is 18.2 Å². The Bertz CT molecular complexity index is 1430. The highest BCUT2D eigenvalue weighted by Gasteiger charge is 2.22. The molecule has 1 aliphatic rings. The Kier molecular flexibility index (Phi) is 4.66. The topological polar surface area (TPSA) is 88.8 Å². The molecule has 0 saturated carbocycles. The molecule has 9 nitrogen and oxygen atoms in total. The van der Waals surface area contributed by atoms with E-state index in [1.807, 2.05) is 59.6 Å². The molecule has 0 bridgehead atoms. The Morgan fingerprint density at radius 1 is 1.00 bits per heavy atom. The predicted octanol–water partition coefficient (Wildman–Crippen LogP) is 3.51. The summed E-state index contributed by atoms with van der Waals surface area (Å²) >= 11 is 0. The van der Waals surface area contributed by atoms with Crippen molar-refractivity contribution in [2.45, 2.75) is 0 Å². The summed E-state index contributed by atoms with van der Waals surface area (Å²) in [5, 5.41) is 5.67. The van der Waals surface area contributed by atoms with Gasteiger partial charge in [0.15, 0.2) is 5.65 Å². The molecule has 3 aromatic heterocycles. The summed E-state index contributed by atoms with van der Waals surface area (Å²) in [6, 6.07) is 17.8. The number of hydrogen-bond acceptors (Lipinski definition) is 7. The molecule has 2 aromatic carbocycles. The van der Waals surface area contributed by atoms with Crippen LogP contribution in [0.25, 0.3) is 16.6 Å². The minimum atomic E-state index is -0.0425. The molecule has 0 aliphatic carbocycles.